The van der Waals surface area contributed by atoms with Crippen LogP contribution in [0.3, 0.4) is 0 Å². The van der Waals surface area contributed by atoms with Crippen molar-refractivity contribution in [3.63, 3.8) is 0 Å². The van der Waals surface area contributed by atoms with Gasteiger partial charge >= 0.3 is 11.8 Å². The SMILES string of the molecule is CNCC[C@H](OC(=O)[C@@]12O[C@H]3COC(C)(C)O[C@H]3[C@@H]1OC(C)(C)O2)c1cccs1. The van der Waals surface area contributed by atoms with Crippen molar-refractivity contribution in [3.05, 3.63) is 22.4 Å². The van der Waals surface area contributed by atoms with Crippen LogP contribution < -0.4 is 5.32 Å². The van der Waals surface area contributed by atoms with Gasteiger partial charge in [0.2, 0.25) is 0 Å². The highest BCUT2D eigenvalue weighted by atomic mass is 32.1. The van der Waals surface area contributed by atoms with E-state index in [1.807, 2.05) is 38.4 Å². The average Bonchev–Trinajstić information content (AvgIpc) is 3.32. The second-order valence-corrected chi connectivity index (χ2v) is 9.44. The summed E-state index contributed by atoms with van der Waals surface area (Å²) in [4.78, 5) is 14.4. The van der Waals surface area contributed by atoms with E-state index in [1.165, 1.54) is 0 Å². The molecule has 0 radical (unpaired) electrons. The summed E-state index contributed by atoms with van der Waals surface area (Å²) in [6, 6.07) is 3.89. The highest BCUT2D eigenvalue weighted by Crippen LogP contribution is 2.50. The molecule has 3 aliphatic rings. The van der Waals surface area contributed by atoms with Crippen molar-refractivity contribution in [3.8, 4) is 0 Å². The van der Waals surface area contributed by atoms with Gasteiger partial charge in [0.05, 0.1) is 6.61 Å². The van der Waals surface area contributed by atoms with E-state index in [2.05, 4.69) is 5.32 Å². The van der Waals surface area contributed by atoms with Crippen LogP contribution in [0.1, 0.15) is 45.1 Å². The Labute approximate surface area is 174 Å². The van der Waals surface area contributed by atoms with Crippen molar-refractivity contribution in [1.29, 1.82) is 0 Å². The van der Waals surface area contributed by atoms with E-state index in [0.29, 0.717) is 13.0 Å². The number of ether oxygens (including phenoxy) is 6. The topological polar surface area (TPSA) is 84.5 Å². The zero-order chi connectivity index (χ0) is 20.9. The molecular formula is C20H29NO7S. The molecule has 1 N–H and O–H groups in total. The maximum atomic E-state index is 13.4. The highest BCUT2D eigenvalue weighted by Gasteiger charge is 2.72. The van der Waals surface area contributed by atoms with Crippen LogP contribution in [0.4, 0.5) is 0 Å². The Hall–Kier alpha value is -1.07. The van der Waals surface area contributed by atoms with Crippen LogP contribution in [0.25, 0.3) is 0 Å². The molecule has 3 saturated heterocycles. The highest BCUT2D eigenvalue weighted by molar-refractivity contribution is 7.10. The number of carbonyl (C=O) groups is 1. The largest absolute Gasteiger partial charge is 0.453 e. The van der Waals surface area contributed by atoms with Gasteiger partial charge in [-0.05, 0) is 52.7 Å². The summed E-state index contributed by atoms with van der Waals surface area (Å²) in [5.41, 5.74) is 0. The van der Waals surface area contributed by atoms with Gasteiger partial charge in [-0.3, -0.25) is 0 Å². The van der Waals surface area contributed by atoms with Crippen molar-refractivity contribution in [2.24, 2.45) is 0 Å². The molecule has 0 aromatic carbocycles. The summed E-state index contributed by atoms with van der Waals surface area (Å²) in [5.74, 6) is -4.09. The first kappa shape index (κ1) is 21.2. The molecular weight excluding hydrogens is 398 g/mol. The first-order valence-corrected chi connectivity index (χ1v) is 10.8. The van der Waals surface area contributed by atoms with E-state index in [-0.39, 0.29) is 6.61 Å². The number of carbonyl (C=O) groups excluding carboxylic acids is 1. The smallest absolute Gasteiger partial charge is 0.370 e. The fourth-order valence-electron chi connectivity index (χ4n) is 4.03. The van der Waals surface area contributed by atoms with Gasteiger partial charge in [0.15, 0.2) is 17.7 Å². The molecule has 8 nitrogen and oxygen atoms in total. The minimum Gasteiger partial charge on any atom is -0.453 e. The monoisotopic (exact) mass is 427 g/mol. The zero-order valence-corrected chi connectivity index (χ0v) is 18.2. The molecule has 162 valence electrons. The summed E-state index contributed by atoms with van der Waals surface area (Å²) in [7, 11) is 1.86. The first-order valence-electron chi connectivity index (χ1n) is 9.92. The molecule has 0 amide bonds. The summed E-state index contributed by atoms with van der Waals surface area (Å²) < 4.78 is 35.9. The van der Waals surface area contributed by atoms with Gasteiger partial charge in [-0.15, -0.1) is 11.3 Å². The second kappa shape index (κ2) is 7.56. The predicted molar refractivity (Wildman–Crippen MR) is 104 cm³/mol. The molecule has 9 heteroatoms. The summed E-state index contributed by atoms with van der Waals surface area (Å²) in [5, 5.41) is 5.06. The van der Waals surface area contributed by atoms with Gasteiger partial charge in [0.1, 0.15) is 18.3 Å². The van der Waals surface area contributed by atoms with Gasteiger partial charge in [0.25, 0.3) is 0 Å². The van der Waals surface area contributed by atoms with E-state index < -0.39 is 47.7 Å². The molecule has 0 aliphatic carbocycles. The van der Waals surface area contributed by atoms with Gasteiger partial charge in [-0.1, -0.05) is 6.07 Å². The average molecular weight is 428 g/mol. The third kappa shape index (κ3) is 3.97. The molecule has 0 unspecified atom stereocenters. The lowest BCUT2D eigenvalue weighted by molar-refractivity contribution is -0.326. The van der Waals surface area contributed by atoms with E-state index in [1.54, 1.807) is 25.2 Å². The minimum atomic E-state index is -1.68. The lowest BCUT2D eigenvalue weighted by Crippen LogP contribution is -2.52. The summed E-state index contributed by atoms with van der Waals surface area (Å²) in [6.07, 6.45) is -1.49. The molecule has 4 heterocycles. The molecule has 3 fully saturated rings. The molecule has 1 aromatic heterocycles. The molecule has 0 spiro atoms. The lowest BCUT2D eigenvalue weighted by atomic mass is 10.0. The van der Waals surface area contributed by atoms with Gasteiger partial charge in [-0.2, -0.15) is 0 Å². The normalized spacial score (nSPS) is 35.7. The number of thiophene rings is 1. The van der Waals surface area contributed by atoms with Crippen LogP contribution in [0.2, 0.25) is 0 Å². The number of fused-ring (bicyclic) bond motifs is 3. The van der Waals surface area contributed by atoms with Crippen LogP contribution in [-0.2, 0) is 33.2 Å². The van der Waals surface area contributed by atoms with Gasteiger partial charge < -0.3 is 33.7 Å². The van der Waals surface area contributed by atoms with E-state index >= 15 is 0 Å². The second-order valence-electron chi connectivity index (χ2n) is 8.46. The number of nitrogens with one attached hydrogen (secondary N) is 1. The molecule has 29 heavy (non-hydrogen) atoms. The quantitative estimate of drug-likeness (QED) is 0.693. The van der Waals surface area contributed by atoms with Crippen LogP contribution in [-0.4, -0.2) is 61.8 Å². The van der Waals surface area contributed by atoms with Crippen LogP contribution >= 0.6 is 11.3 Å². The third-order valence-corrected chi connectivity index (χ3v) is 6.20. The van der Waals surface area contributed by atoms with Crippen molar-refractivity contribution in [1.82, 2.24) is 5.32 Å². The predicted octanol–water partition coefficient (Wildman–Crippen LogP) is 2.34. The van der Waals surface area contributed by atoms with E-state index in [0.717, 1.165) is 4.88 Å². The van der Waals surface area contributed by atoms with Gasteiger partial charge in [-0.25, -0.2) is 4.79 Å². The molecule has 0 saturated carbocycles. The summed E-state index contributed by atoms with van der Waals surface area (Å²) >= 11 is 1.55. The lowest BCUT2D eigenvalue weighted by Gasteiger charge is -2.38. The maximum absolute atomic E-state index is 13.4. The van der Waals surface area contributed by atoms with Crippen LogP contribution in [0, 0.1) is 0 Å². The fourth-order valence-corrected chi connectivity index (χ4v) is 4.82. The van der Waals surface area contributed by atoms with Crippen molar-refractivity contribution in [2.75, 3.05) is 20.2 Å². The first-order chi connectivity index (χ1) is 13.7. The third-order valence-electron chi connectivity index (χ3n) is 5.24. The number of hydrogen-bond donors (Lipinski definition) is 1. The molecule has 0 bridgehead atoms. The Balaban J connectivity index is 1.59. The molecule has 1 aromatic rings. The van der Waals surface area contributed by atoms with Crippen LogP contribution in [0.15, 0.2) is 17.5 Å². The maximum Gasteiger partial charge on any atom is 0.370 e. The summed E-state index contributed by atoms with van der Waals surface area (Å²) in [6.45, 7) is 8.14. The zero-order valence-electron chi connectivity index (χ0n) is 17.4. The van der Waals surface area contributed by atoms with Crippen molar-refractivity contribution >= 4 is 17.3 Å². The van der Waals surface area contributed by atoms with Crippen molar-refractivity contribution in [2.45, 2.75) is 75.9 Å². The standard InChI is InChI=1S/C20H29NO7S/c1-18(2)23-11-13-15(26-18)16-20(25-13,28-19(3,4)27-16)17(22)24-12(8-9-21-5)14-7-6-10-29-14/h6-7,10,12-13,15-16,21H,8-9,11H2,1-5H3/t12-,13-,15+,16-,20+/m0/s1. The number of esters is 1. The molecule has 5 atom stereocenters. The Bertz CT molecular complexity index is 737. The Morgan fingerprint density at radius 1 is 1.28 bits per heavy atom. The minimum absolute atomic E-state index is 0.282. The molecule has 3 aliphatic heterocycles. The Morgan fingerprint density at radius 3 is 2.76 bits per heavy atom. The van der Waals surface area contributed by atoms with Gasteiger partial charge in [0, 0.05) is 11.3 Å². The molecule has 4 rings (SSSR count). The van der Waals surface area contributed by atoms with Crippen LogP contribution in [0.5, 0.6) is 0 Å². The number of rotatable bonds is 6. The Kier molecular flexibility index (Phi) is 5.52. The fraction of sp³-hybridized carbons (Fsp3) is 0.750. The number of hydrogen-bond acceptors (Lipinski definition) is 9. The van der Waals surface area contributed by atoms with E-state index in [4.69, 9.17) is 28.4 Å². The van der Waals surface area contributed by atoms with Crippen molar-refractivity contribution < 1.29 is 33.2 Å². The van der Waals surface area contributed by atoms with E-state index in [9.17, 15) is 4.79 Å². The Morgan fingerprint density at radius 2 is 2.07 bits per heavy atom.